The van der Waals surface area contributed by atoms with E-state index in [2.05, 4.69) is 5.32 Å². The van der Waals surface area contributed by atoms with Crippen LogP contribution in [0.2, 0.25) is 0 Å². The Bertz CT molecular complexity index is 483. The average molecular weight is 265 g/mol. The topological polar surface area (TPSA) is 64.6 Å². The van der Waals surface area contributed by atoms with Crippen molar-refractivity contribution in [2.75, 3.05) is 27.4 Å². The zero-order valence-corrected chi connectivity index (χ0v) is 11.7. The van der Waals surface area contributed by atoms with Crippen molar-refractivity contribution in [1.29, 1.82) is 0 Å². The van der Waals surface area contributed by atoms with Crippen LogP contribution < -0.4 is 10.1 Å². The van der Waals surface area contributed by atoms with E-state index in [-0.39, 0.29) is 5.56 Å². The Kier molecular flexibility index (Phi) is 5.51. The summed E-state index contributed by atoms with van der Waals surface area (Å²) in [6.45, 7) is 4.47. The molecule has 0 fully saturated rings. The van der Waals surface area contributed by atoms with Crippen molar-refractivity contribution >= 4 is 11.7 Å². The molecule has 0 spiro atoms. The lowest BCUT2D eigenvalue weighted by Gasteiger charge is -2.11. The molecular formula is C14H19NO4. The van der Waals surface area contributed by atoms with E-state index in [1.165, 1.54) is 14.2 Å². The van der Waals surface area contributed by atoms with Crippen LogP contribution in [0.3, 0.4) is 0 Å². The number of ether oxygens (including phenoxy) is 2. The number of nitrogens with one attached hydrogen (secondary N) is 1. The Balaban J connectivity index is 2.92. The van der Waals surface area contributed by atoms with E-state index in [1.54, 1.807) is 12.1 Å². The number of hydrogen-bond acceptors (Lipinski definition) is 4. The molecule has 5 heteroatoms. The molecule has 5 nitrogen and oxygen atoms in total. The fourth-order valence-corrected chi connectivity index (χ4v) is 1.61. The number of hydrogen-bond donors (Lipinski definition) is 1. The molecule has 1 aromatic carbocycles. The molecule has 1 aromatic rings. The fourth-order valence-electron chi connectivity index (χ4n) is 1.61. The molecule has 19 heavy (non-hydrogen) atoms. The Hall–Kier alpha value is -1.88. The Morgan fingerprint density at radius 1 is 1.16 bits per heavy atom. The van der Waals surface area contributed by atoms with Crippen molar-refractivity contribution in [2.24, 2.45) is 0 Å². The number of carbonyl (C=O) groups excluding carboxylic acids is 2. The standard InChI is InChI=1S/C14H19NO4/c1-9-7-11(12(19-4)8-10(9)2)13(16)14(17)15-5-6-18-3/h7-8H,5-6H2,1-4H3,(H,15,17). The van der Waals surface area contributed by atoms with Crippen LogP contribution in [-0.4, -0.2) is 39.1 Å². The number of aryl methyl sites for hydroxylation is 2. The highest BCUT2D eigenvalue weighted by molar-refractivity contribution is 6.43. The number of Topliss-reactive ketones (excluding diaryl/α,β-unsaturated/α-hetero) is 1. The second-order valence-corrected chi connectivity index (χ2v) is 4.21. The number of ketones is 1. The van der Waals surface area contributed by atoms with E-state index >= 15 is 0 Å². The molecule has 0 radical (unpaired) electrons. The van der Waals surface area contributed by atoms with Crippen molar-refractivity contribution in [3.63, 3.8) is 0 Å². The van der Waals surface area contributed by atoms with Gasteiger partial charge in [0.15, 0.2) is 0 Å². The summed E-state index contributed by atoms with van der Waals surface area (Å²) in [6, 6.07) is 3.43. The van der Waals surface area contributed by atoms with Crippen molar-refractivity contribution in [1.82, 2.24) is 5.32 Å². The van der Waals surface area contributed by atoms with Gasteiger partial charge in [0, 0.05) is 13.7 Å². The van der Waals surface area contributed by atoms with E-state index < -0.39 is 11.7 Å². The molecule has 1 rings (SSSR count). The van der Waals surface area contributed by atoms with Gasteiger partial charge >= 0.3 is 0 Å². The summed E-state index contributed by atoms with van der Waals surface area (Å²) < 4.78 is 9.96. The highest BCUT2D eigenvalue weighted by Gasteiger charge is 2.20. The predicted octanol–water partition coefficient (Wildman–Crippen LogP) is 1.26. The normalized spacial score (nSPS) is 10.1. The maximum Gasteiger partial charge on any atom is 0.292 e. The summed E-state index contributed by atoms with van der Waals surface area (Å²) in [6.07, 6.45) is 0. The van der Waals surface area contributed by atoms with Crippen LogP contribution >= 0.6 is 0 Å². The molecule has 0 atom stereocenters. The van der Waals surface area contributed by atoms with Crippen LogP contribution in [0.15, 0.2) is 12.1 Å². The summed E-state index contributed by atoms with van der Waals surface area (Å²) in [5.41, 5.74) is 2.22. The van der Waals surface area contributed by atoms with Gasteiger partial charge in [0.1, 0.15) is 5.75 Å². The fraction of sp³-hybridized carbons (Fsp3) is 0.429. The Morgan fingerprint density at radius 3 is 2.37 bits per heavy atom. The minimum absolute atomic E-state index is 0.278. The third-order valence-electron chi connectivity index (χ3n) is 2.86. The second-order valence-electron chi connectivity index (χ2n) is 4.21. The van der Waals surface area contributed by atoms with E-state index in [4.69, 9.17) is 9.47 Å². The SMILES string of the molecule is COCCNC(=O)C(=O)c1cc(C)c(C)cc1OC. The maximum atomic E-state index is 12.0. The van der Waals surface area contributed by atoms with Gasteiger partial charge in [-0.25, -0.2) is 0 Å². The average Bonchev–Trinajstić information content (AvgIpc) is 2.40. The lowest BCUT2D eigenvalue weighted by molar-refractivity contribution is -0.117. The molecule has 0 aliphatic heterocycles. The van der Waals surface area contributed by atoms with Gasteiger partial charge in [-0.15, -0.1) is 0 Å². The van der Waals surface area contributed by atoms with Gasteiger partial charge in [-0.05, 0) is 37.1 Å². The molecule has 0 saturated heterocycles. The minimum Gasteiger partial charge on any atom is -0.496 e. The van der Waals surface area contributed by atoms with Gasteiger partial charge in [-0.1, -0.05) is 0 Å². The third-order valence-corrected chi connectivity index (χ3v) is 2.86. The first-order chi connectivity index (χ1) is 9.01. The van der Waals surface area contributed by atoms with Crippen LogP contribution in [0.25, 0.3) is 0 Å². The summed E-state index contributed by atoms with van der Waals surface area (Å²) in [5.74, 6) is -0.843. The number of benzene rings is 1. The Morgan fingerprint density at radius 2 is 1.79 bits per heavy atom. The molecule has 0 aromatic heterocycles. The van der Waals surface area contributed by atoms with Gasteiger partial charge in [-0.3, -0.25) is 9.59 Å². The lowest BCUT2D eigenvalue weighted by Crippen LogP contribution is -2.33. The summed E-state index contributed by atoms with van der Waals surface area (Å²) in [7, 11) is 3.00. The monoisotopic (exact) mass is 265 g/mol. The van der Waals surface area contributed by atoms with Crippen LogP contribution in [-0.2, 0) is 9.53 Å². The molecule has 0 unspecified atom stereocenters. The predicted molar refractivity (Wildman–Crippen MR) is 71.7 cm³/mol. The van der Waals surface area contributed by atoms with Crippen LogP contribution in [0.1, 0.15) is 21.5 Å². The second kappa shape index (κ2) is 6.89. The highest BCUT2D eigenvalue weighted by Crippen LogP contribution is 2.23. The molecule has 0 saturated carbocycles. The smallest absolute Gasteiger partial charge is 0.292 e. The quantitative estimate of drug-likeness (QED) is 0.478. The van der Waals surface area contributed by atoms with Crippen LogP contribution in [0.4, 0.5) is 0 Å². The zero-order chi connectivity index (χ0) is 14.4. The number of amides is 1. The first-order valence-electron chi connectivity index (χ1n) is 5.98. The summed E-state index contributed by atoms with van der Waals surface area (Å²) >= 11 is 0. The number of methoxy groups -OCH3 is 2. The van der Waals surface area contributed by atoms with Crippen molar-refractivity contribution in [3.8, 4) is 5.75 Å². The third kappa shape index (κ3) is 3.79. The number of carbonyl (C=O) groups is 2. The molecule has 0 heterocycles. The Labute approximate surface area is 112 Å². The molecule has 0 aliphatic carbocycles. The summed E-state index contributed by atoms with van der Waals surface area (Å²) in [4.78, 5) is 23.8. The number of rotatable bonds is 6. The lowest BCUT2D eigenvalue weighted by atomic mass is 10.0. The molecule has 0 bridgehead atoms. The summed E-state index contributed by atoms with van der Waals surface area (Å²) in [5, 5.41) is 2.50. The maximum absolute atomic E-state index is 12.0. The van der Waals surface area contributed by atoms with Crippen molar-refractivity contribution < 1.29 is 19.1 Å². The van der Waals surface area contributed by atoms with Gasteiger partial charge < -0.3 is 14.8 Å². The van der Waals surface area contributed by atoms with Gasteiger partial charge in [0.2, 0.25) is 0 Å². The molecule has 1 N–H and O–H groups in total. The van der Waals surface area contributed by atoms with Gasteiger partial charge in [0.25, 0.3) is 11.7 Å². The molecule has 0 aliphatic rings. The van der Waals surface area contributed by atoms with E-state index in [0.29, 0.717) is 18.9 Å². The minimum atomic E-state index is -0.654. The molecule has 1 amide bonds. The first-order valence-corrected chi connectivity index (χ1v) is 5.98. The largest absolute Gasteiger partial charge is 0.496 e. The first kappa shape index (κ1) is 15.2. The van der Waals surface area contributed by atoms with E-state index in [0.717, 1.165) is 11.1 Å². The van der Waals surface area contributed by atoms with Gasteiger partial charge in [-0.2, -0.15) is 0 Å². The van der Waals surface area contributed by atoms with Gasteiger partial charge in [0.05, 0.1) is 19.3 Å². The van der Waals surface area contributed by atoms with E-state index in [1.807, 2.05) is 13.8 Å². The highest BCUT2D eigenvalue weighted by atomic mass is 16.5. The van der Waals surface area contributed by atoms with Crippen molar-refractivity contribution in [2.45, 2.75) is 13.8 Å². The molecule has 104 valence electrons. The van der Waals surface area contributed by atoms with Crippen LogP contribution in [0.5, 0.6) is 5.75 Å². The van der Waals surface area contributed by atoms with E-state index in [9.17, 15) is 9.59 Å². The molecular weight excluding hydrogens is 246 g/mol. The van der Waals surface area contributed by atoms with Crippen molar-refractivity contribution in [3.05, 3.63) is 28.8 Å². The zero-order valence-electron chi connectivity index (χ0n) is 11.7. The van der Waals surface area contributed by atoms with Crippen LogP contribution in [0, 0.1) is 13.8 Å².